The van der Waals surface area contributed by atoms with Crippen LogP contribution in [0.3, 0.4) is 0 Å². The first-order valence-electron chi connectivity index (χ1n) is 8.50. The first-order chi connectivity index (χ1) is 13.5. The lowest BCUT2D eigenvalue weighted by Gasteiger charge is -2.08. The molecule has 0 aliphatic carbocycles. The SMILES string of the molecule is O=C(C/C(=N\NC(=O)c1ccc(Cl)cc1Cl)c1ccccc1)c1ccccc1. The van der Waals surface area contributed by atoms with Crippen LogP contribution in [0.2, 0.25) is 10.0 Å². The van der Waals surface area contributed by atoms with Gasteiger partial charge in [0, 0.05) is 10.6 Å². The number of Topliss-reactive ketones (excluding diaryl/α,β-unsaturated/α-hetero) is 1. The third-order valence-electron chi connectivity index (χ3n) is 4.00. The van der Waals surface area contributed by atoms with Gasteiger partial charge in [-0.25, -0.2) is 5.43 Å². The van der Waals surface area contributed by atoms with Crippen LogP contribution in [0.15, 0.2) is 84.0 Å². The highest BCUT2D eigenvalue weighted by atomic mass is 35.5. The second-order valence-electron chi connectivity index (χ2n) is 5.96. The molecule has 6 heteroatoms. The Morgan fingerprint density at radius 1 is 0.821 bits per heavy atom. The van der Waals surface area contributed by atoms with Gasteiger partial charge in [0.2, 0.25) is 0 Å². The van der Waals surface area contributed by atoms with Crippen LogP contribution in [0.25, 0.3) is 0 Å². The normalized spacial score (nSPS) is 11.1. The molecule has 140 valence electrons. The number of halogens is 2. The summed E-state index contributed by atoms with van der Waals surface area (Å²) in [4.78, 5) is 25.0. The van der Waals surface area contributed by atoms with Crippen molar-refractivity contribution < 1.29 is 9.59 Å². The molecule has 1 amide bonds. The number of carbonyl (C=O) groups excluding carboxylic acids is 2. The second kappa shape index (κ2) is 9.31. The van der Waals surface area contributed by atoms with E-state index in [1.165, 1.54) is 12.1 Å². The van der Waals surface area contributed by atoms with Gasteiger partial charge in [-0.15, -0.1) is 0 Å². The average molecular weight is 411 g/mol. The van der Waals surface area contributed by atoms with Crippen molar-refractivity contribution in [2.24, 2.45) is 5.10 Å². The van der Waals surface area contributed by atoms with Gasteiger partial charge in [0.15, 0.2) is 5.78 Å². The number of nitrogens with one attached hydrogen (secondary N) is 1. The van der Waals surface area contributed by atoms with Crippen molar-refractivity contribution in [1.82, 2.24) is 5.43 Å². The molecule has 3 aromatic carbocycles. The van der Waals surface area contributed by atoms with Gasteiger partial charge < -0.3 is 0 Å². The van der Waals surface area contributed by atoms with Crippen LogP contribution >= 0.6 is 23.2 Å². The molecular formula is C22H16Cl2N2O2. The Bertz CT molecular complexity index is 1020. The summed E-state index contributed by atoms with van der Waals surface area (Å²) in [6.07, 6.45) is 0.0443. The monoisotopic (exact) mass is 410 g/mol. The first-order valence-corrected chi connectivity index (χ1v) is 9.26. The van der Waals surface area contributed by atoms with Crippen LogP contribution in [0.4, 0.5) is 0 Å². The minimum atomic E-state index is -0.484. The fourth-order valence-corrected chi connectivity index (χ4v) is 3.06. The zero-order chi connectivity index (χ0) is 19.9. The van der Waals surface area contributed by atoms with Gasteiger partial charge in [0.05, 0.1) is 22.7 Å². The van der Waals surface area contributed by atoms with E-state index in [1.54, 1.807) is 30.3 Å². The third kappa shape index (κ3) is 5.06. The minimum absolute atomic E-state index is 0.0443. The minimum Gasteiger partial charge on any atom is -0.294 e. The van der Waals surface area contributed by atoms with Crippen molar-refractivity contribution >= 4 is 40.6 Å². The summed E-state index contributed by atoms with van der Waals surface area (Å²) < 4.78 is 0. The molecule has 0 atom stereocenters. The molecule has 0 spiro atoms. The summed E-state index contributed by atoms with van der Waals surface area (Å²) >= 11 is 11.9. The molecule has 0 bridgehead atoms. The topological polar surface area (TPSA) is 58.5 Å². The smallest absolute Gasteiger partial charge is 0.272 e. The van der Waals surface area contributed by atoms with Gasteiger partial charge in [-0.2, -0.15) is 5.10 Å². The highest BCUT2D eigenvalue weighted by Gasteiger charge is 2.14. The zero-order valence-corrected chi connectivity index (χ0v) is 16.2. The standard InChI is InChI=1S/C22H16Cl2N2O2/c23-17-11-12-18(19(24)13-17)22(28)26-25-20(15-7-3-1-4-8-15)14-21(27)16-9-5-2-6-10-16/h1-13H,14H2,(H,26,28)/b25-20+. The van der Waals surface area contributed by atoms with E-state index in [9.17, 15) is 9.59 Å². The number of ketones is 1. The molecule has 0 aromatic heterocycles. The number of amides is 1. The van der Waals surface area contributed by atoms with Crippen LogP contribution < -0.4 is 5.43 Å². The Kier molecular flexibility index (Phi) is 6.58. The molecule has 0 aliphatic heterocycles. The van der Waals surface area contributed by atoms with Crippen molar-refractivity contribution in [3.63, 3.8) is 0 Å². The fourth-order valence-electron chi connectivity index (χ4n) is 2.57. The molecule has 0 heterocycles. The Hall–Kier alpha value is -2.95. The van der Waals surface area contributed by atoms with Crippen LogP contribution in [0, 0.1) is 0 Å². The van der Waals surface area contributed by atoms with Gasteiger partial charge in [-0.1, -0.05) is 83.9 Å². The van der Waals surface area contributed by atoms with E-state index in [2.05, 4.69) is 10.5 Å². The lowest BCUT2D eigenvalue weighted by Crippen LogP contribution is -2.21. The first kappa shape index (κ1) is 19.8. The van der Waals surface area contributed by atoms with E-state index in [-0.39, 0.29) is 22.8 Å². The van der Waals surface area contributed by atoms with Crippen LogP contribution in [-0.2, 0) is 0 Å². The molecular weight excluding hydrogens is 395 g/mol. The largest absolute Gasteiger partial charge is 0.294 e. The summed E-state index contributed by atoms with van der Waals surface area (Å²) in [7, 11) is 0. The lowest BCUT2D eigenvalue weighted by atomic mass is 10.0. The highest BCUT2D eigenvalue weighted by molar-refractivity contribution is 6.36. The Labute approximate surface area is 172 Å². The number of hydrazone groups is 1. The Balaban J connectivity index is 1.84. The van der Waals surface area contributed by atoms with Crippen LogP contribution in [0.1, 0.15) is 32.7 Å². The maximum absolute atomic E-state index is 12.6. The van der Waals surface area contributed by atoms with E-state index in [0.29, 0.717) is 16.3 Å². The van der Waals surface area contributed by atoms with Gasteiger partial charge in [-0.3, -0.25) is 9.59 Å². The zero-order valence-electron chi connectivity index (χ0n) is 14.7. The summed E-state index contributed by atoms with van der Waals surface area (Å²) in [5.41, 5.74) is 4.51. The molecule has 3 rings (SSSR count). The van der Waals surface area contributed by atoms with E-state index in [4.69, 9.17) is 23.2 Å². The van der Waals surface area contributed by atoms with E-state index in [0.717, 1.165) is 5.56 Å². The highest BCUT2D eigenvalue weighted by Crippen LogP contribution is 2.21. The van der Waals surface area contributed by atoms with Gasteiger partial charge in [0.1, 0.15) is 0 Å². The quantitative estimate of drug-likeness (QED) is 0.335. The Morgan fingerprint density at radius 2 is 1.43 bits per heavy atom. The lowest BCUT2D eigenvalue weighted by molar-refractivity contribution is 0.0951. The molecule has 0 saturated carbocycles. The summed E-state index contributed by atoms with van der Waals surface area (Å²) in [6.45, 7) is 0. The van der Waals surface area contributed by atoms with E-state index in [1.807, 2.05) is 36.4 Å². The van der Waals surface area contributed by atoms with Crippen molar-refractivity contribution in [3.05, 3.63) is 106 Å². The summed E-state index contributed by atoms with van der Waals surface area (Å²) in [6, 6.07) is 22.7. The Morgan fingerprint density at radius 3 is 2.04 bits per heavy atom. The molecule has 4 nitrogen and oxygen atoms in total. The maximum Gasteiger partial charge on any atom is 0.272 e. The molecule has 1 N–H and O–H groups in total. The number of hydrogen-bond donors (Lipinski definition) is 1. The van der Waals surface area contributed by atoms with Gasteiger partial charge >= 0.3 is 0 Å². The molecule has 28 heavy (non-hydrogen) atoms. The van der Waals surface area contributed by atoms with Crippen LogP contribution in [-0.4, -0.2) is 17.4 Å². The number of benzene rings is 3. The molecule has 0 aliphatic rings. The number of carbonyl (C=O) groups is 2. The summed E-state index contributed by atoms with van der Waals surface area (Å²) in [5, 5.41) is 4.86. The molecule has 0 saturated heterocycles. The van der Waals surface area contributed by atoms with E-state index < -0.39 is 5.91 Å². The number of nitrogens with zero attached hydrogens (tertiary/aromatic N) is 1. The van der Waals surface area contributed by atoms with E-state index >= 15 is 0 Å². The molecule has 0 unspecified atom stereocenters. The predicted molar refractivity (Wildman–Crippen MR) is 112 cm³/mol. The van der Waals surface area contributed by atoms with Crippen molar-refractivity contribution in [3.8, 4) is 0 Å². The van der Waals surface area contributed by atoms with Crippen molar-refractivity contribution in [2.45, 2.75) is 6.42 Å². The maximum atomic E-state index is 12.6. The molecule has 0 fully saturated rings. The summed E-state index contributed by atoms with van der Waals surface area (Å²) in [5.74, 6) is -0.579. The second-order valence-corrected chi connectivity index (χ2v) is 6.80. The number of hydrogen-bond acceptors (Lipinski definition) is 3. The predicted octanol–water partition coefficient (Wildman–Crippen LogP) is 5.40. The van der Waals surface area contributed by atoms with Crippen LogP contribution in [0.5, 0.6) is 0 Å². The van der Waals surface area contributed by atoms with Crippen molar-refractivity contribution in [2.75, 3.05) is 0 Å². The van der Waals surface area contributed by atoms with Gasteiger partial charge in [-0.05, 0) is 23.8 Å². The third-order valence-corrected chi connectivity index (χ3v) is 4.55. The average Bonchev–Trinajstić information content (AvgIpc) is 2.72. The fraction of sp³-hybridized carbons (Fsp3) is 0.0455. The number of rotatable bonds is 6. The van der Waals surface area contributed by atoms with Crippen molar-refractivity contribution in [1.29, 1.82) is 0 Å². The molecule has 0 radical (unpaired) electrons. The van der Waals surface area contributed by atoms with Gasteiger partial charge in [0.25, 0.3) is 5.91 Å². The molecule has 3 aromatic rings.